The smallest absolute Gasteiger partial charge is 0.240 e. The molecule has 2 aromatic heterocycles. The topological polar surface area (TPSA) is 91.8 Å². The van der Waals surface area contributed by atoms with E-state index in [2.05, 4.69) is 15.6 Å². The molecule has 164 valence electrons. The minimum Gasteiger partial charge on any atom is -0.341 e. The van der Waals surface area contributed by atoms with Gasteiger partial charge in [-0.1, -0.05) is 48.5 Å². The standard InChI is InChI=1S/C26H23N5O2/c1-17(32)27-20-12-7-13-23-19(20)14-15-31(23)16-24(33)30-25(18-8-3-2-4-9-18)26-28-21-10-5-6-11-22(21)29-26/h2-15,25H,16H2,1H3,(H,27,32)(H,28,29)(H,30,33)/t25-/m1/s1. The number of nitrogens with one attached hydrogen (secondary N) is 3. The maximum atomic E-state index is 13.1. The maximum absolute atomic E-state index is 13.1. The largest absolute Gasteiger partial charge is 0.341 e. The molecule has 0 bridgehead atoms. The molecule has 7 heteroatoms. The van der Waals surface area contributed by atoms with Gasteiger partial charge in [0.2, 0.25) is 11.8 Å². The second kappa shape index (κ2) is 8.63. The minimum absolute atomic E-state index is 0.135. The van der Waals surface area contributed by atoms with Gasteiger partial charge in [-0.25, -0.2) is 4.98 Å². The minimum atomic E-state index is -0.414. The van der Waals surface area contributed by atoms with Crippen LogP contribution in [0, 0.1) is 0 Å². The van der Waals surface area contributed by atoms with E-state index < -0.39 is 6.04 Å². The van der Waals surface area contributed by atoms with Crippen molar-refractivity contribution in [2.75, 3.05) is 5.32 Å². The number of imidazole rings is 1. The van der Waals surface area contributed by atoms with Crippen LogP contribution in [0.1, 0.15) is 24.4 Å². The molecular weight excluding hydrogens is 414 g/mol. The summed E-state index contributed by atoms with van der Waals surface area (Å²) >= 11 is 0. The zero-order valence-electron chi connectivity index (χ0n) is 18.1. The number of amides is 2. The summed E-state index contributed by atoms with van der Waals surface area (Å²) in [5, 5.41) is 6.86. The highest BCUT2D eigenvalue weighted by atomic mass is 16.2. The molecule has 1 atom stereocenters. The Balaban J connectivity index is 1.43. The van der Waals surface area contributed by atoms with Crippen molar-refractivity contribution in [2.24, 2.45) is 0 Å². The SMILES string of the molecule is CC(=O)Nc1cccc2c1ccn2CC(=O)N[C@H](c1ccccc1)c1nc2ccccc2[nH]1. The van der Waals surface area contributed by atoms with E-state index in [1.807, 2.05) is 89.6 Å². The van der Waals surface area contributed by atoms with Crippen LogP contribution in [0.4, 0.5) is 5.69 Å². The van der Waals surface area contributed by atoms with Crippen molar-refractivity contribution in [3.63, 3.8) is 0 Å². The van der Waals surface area contributed by atoms with Crippen molar-refractivity contribution in [3.05, 3.63) is 96.4 Å². The van der Waals surface area contributed by atoms with Gasteiger partial charge in [0.1, 0.15) is 18.4 Å². The molecular formula is C26H23N5O2. The van der Waals surface area contributed by atoms with Gasteiger partial charge in [0.05, 0.1) is 22.2 Å². The Kier molecular flexibility index (Phi) is 5.36. The Morgan fingerprint density at radius 2 is 1.76 bits per heavy atom. The molecule has 0 fully saturated rings. The number of benzene rings is 3. The molecule has 2 heterocycles. The summed E-state index contributed by atoms with van der Waals surface area (Å²) in [6, 6.07) is 24.7. The molecule has 3 aromatic carbocycles. The fraction of sp³-hybridized carbons (Fsp3) is 0.115. The van der Waals surface area contributed by atoms with Crippen molar-refractivity contribution in [1.29, 1.82) is 0 Å². The highest BCUT2D eigenvalue weighted by molar-refractivity contribution is 6.01. The van der Waals surface area contributed by atoms with E-state index >= 15 is 0 Å². The third-order valence-electron chi connectivity index (χ3n) is 5.56. The number of nitrogens with zero attached hydrogens (tertiary/aromatic N) is 2. The lowest BCUT2D eigenvalue weighted by Crippen LogP contribution is -2.32. The van der Waals surface area contributed by atoms with E-state index in [0.29, 0.717) is 5.82 Å². The average molecular weight is 438 g/mol. The first-order valence-electron chi connectivity index (χ1n) is 10.7. The number of carbonyl (C=O) groups is 2. The molecule has 0 aliphatic rings. The number of aromatic nitrogens is 3. The molecule has 0 radical (unpaired) electrons. The summed E-state index contributed by atoms with van der Waals surface area (Å²) in [6.45, 7) is 1.61. The number of fused-ring (bicyclic) bond motifs is 2. The molecule has 0 spiro atoms. The number of para-hydroxylation sites is 2. The zero-order chi connectivity index (χ0) is 22.8. The third-order valence-corrected chi connectivity index (χ3v) is 5.56. The van der Waals surface area contributed by atoms with Gasteiger partial charge in [0.25, 0.3) is 0 Å². The summed E-state index contributed by atoms with van der Waals surface area (Å²) < 4.78 is 1.87. The van der Waals surface area contributed by atoms with Crippen molar-refractivity contribution in [2.45, 2.75) is 19.5 Å². The monoisotopic (exact) mass is 437 g/mol. The van der Waals surface area contributed by atoms with Crippen LogP contribution in [-0.2, 0) is 16.1 Å². The Morgan fingerprint density at radius 3 is 2.55 bits per heavy atom. The molecule has 7 nitrogen and oxygen atoms in total. The first-order valence-corrected chi connectivity index (χ1v) is 10.7. The van der Waals surface area contributed by atoms with Crippen LogP contribution in [0.3, 0.4) is 0 Å². The highest BCUT2D eigenvalue weighted by Crippen LogP contribution is 2.25. The van der Waals surface area contributed by atoms with E-state index in [9.17, 15) is 9.59 Å². The van der Waals surface area contributed by atoms with Crippen LogP contribution < -0.4 is 10.6 Å². The average Bonchev–Trinajstić information content (AvgIpc) is 3.42. The van der Waals surface area contributed by atoms with Crippen molar-refractivity contribution >= 4 is 39.4 Å². The predicted octanol–water partition coefficient (Wildman–Crippen LogP) is 4.38. The number of hydrogen-bond acceptors (Lipinski definition) is 3. The summed E-state index contributed by atoms with van der Waals surface area (Å²) in [4.78, 5) is 32.7. The Labute approximate surface area is 190 Å². The second-order valence-corrected chi connectivity index (χ2v) is 7.91. The van der Waals surface area contributed by atoms with Crippen LogP contribution in [0.25, 0.3) is 21.9 Å². The molecule has 0 unspecified atom stereocenters. The molecule has 0 saturated heterocycles. The van der Waals surface area contributed by atoms with Gasteiger partial charge < -0.3 is 20.2 Å². The maximum Gasteiger partial charge on any atom is 0.240 e. The fourth-order valence-corrected chi connectivity index (χ4v) is 4.09. The second-order valence-electron chi connectivity index (χ2n) is 7.91. The van der Waals surface area contributed by atoms with Crippen LogP contribution in [0.5, 0.6) is 0 Å². The lowest BCUT2D eigenvalue weighted by Gasteiger charge is -2.18. The van der Waals surface area contributed by atoms with Crippen LogP contribution >= 0.6 is 0 Å². The van der Waals surface area contributed by atoms with E-state index in [-0.39, 0.29) is 18.4 Å². The van der Waals surface area contributed by atoms with Gasteiger partial charge in [0, 0.05) is 18.5 Å². The Hall–Kier alpha value is -4.39. The first-order chi connectivity index (χ1) is 16.1. The number of anilines is 1. The summed E-state index contributed by atoms with van der Waals surface area (Å²) in [5.74, 6) is 0.400. The molecule has 3 N–H and O–H groups in total. The number of carbonyl (C=O) groups excluding carboxylic acids is 2. The normalized spacial score (nSPS) is 12.0. The molecule has 2 amide bonds. The molecule has 5 rings (SSSR count). The Bertz CT molecular complexity index is 1420. The number of H-pyrrole nitrogens is 1. The highest BCUT2D eigenvalue weighted by Gasteiger charge is 2.21. The lowest BCUT2D eigenvalue weighted by atomic mass is 10.1. The van der Waals surface area contributed by atoms with Gasteiger partial charge in [-0.2, -0.15) is 0 Å². The number of rotatable bonds is 6. The van der Waals surface area contributed by atoms with E-state index in [4.69, 9.17) is 4.98 Å². The summed E-state index contributed by atoms with van der Waals surface area (Å²) in [6.07, 6.45) is 1.86. The molecule has 33 heavy (non-hydrogen) atoms. The van der Waals surface area contributed by atoms with Crippen LogP contribution in [0.15, 0.2) is 85.1 Å². The lowest BCUT2D eigenvalue weighted by molar-refractivity contribution is -0.122. The Morgan fingerprint density at radius 1 is 0.970 bits per heavy atom. The van der Waals surface area contributed by atoms with Gasteiger partial charge in [-0.3, -0.25) is 9.59 Å². The van der Waals surface area contributed by atoms with E-state index in [1.54, 1.807) is 0 Å². The van der Waals surface area contributed by atoms with Crippen molar-refractivity contribution in [1.82, 2.24) is 19.9 Å². The zero-order valence-corrected chi connectivity index (χ0v) is 18.1. The molecule has 0 saturated carbocycles. The molecule has 0 aliphatic heterocycles. The van der Waals surface area contributed by atoms with E-state index in [1.165, 1.54) is 6.92 Å². The molecule has 0 aliphatic carbocycles. The number of hydrogen-bond donors (Lipinski definition) is 3. The first kappa shape index (κ1) is 20.5. The van der Waals surface area contributed by atoms with Gasteiger partial charge in [-0.05, 0) is 35.9 Å². The quantitative estimate of drug-likeness (QED) is 0.368. The van der Waals surface area contributed by atoms with Crippen molar-refractivity contribution in [3.8, 4) is 0 Å². The molecule has 5 aromatic rings. The summed E-state index contributed by atoms with van der Waals surface area (Å²) in [7, 11) is 0. The predicted molar refractivity (Wildman–Crippen MR) is 129 cm³/mol. The van der Waals surface area contributed by atoms with E-state index in [0.717, 1.165) is 33.2 Å². The van der Waals surface area contributed by atoms with Crippen LogP contribution in [-0.4, -0.2) is 26.3 Å². The van der Waals surface area contributed by atoms with Gasteiger partial charge >= 0.3 is 0 Å². The summed E-state index contributed by atoms with van der Waals surface area (Å²) in [5.41, 5.74) is 4.31. The third kappa shape index (κ3) is 4.21. The number of aromatic amines is 1. The van der Waals surface area contributed by atoms with Gasteiger partial charge in [0.15, 0.2) is 0 Å². The van der Waals surface area contributed by atoms with Gasteiger partial charge in [-0.15, -0.1) is 0 Å². The van der Waals surface area contributed by atoms with Crippen molar-refractivity contribution < 1.29 is 9.59 Å². The fourth-order valence-electron chi connectivity index (χ4n) is 4.09. The van der Waals surface area contributed by atoms with Crippen LogP contribution in [0.2, 0.25) is 0 Å².